The molecule has 9 heteroatoms. The van der Waals surface area contributed by atoms with E-state index in [0.29, 0.717) is 11.3 Å². The molecule has 0 aliphatic carbocycles. The third kappa shape index (κ3) is 3.37. The van der Waals surface area contributed by atoms with E-state index < -0.39 is 11.9 Å². The summed E-state index contributed by atoms with van der Waals surface area (Å²) in [6, 6.07) is 3.42. The maximum Gasteiger partial charge on any atom is 0.396 e. The van der Waals surface area contributed by atoms with Crippen molar-refractivity contribution in [3.05, 3.63) is 24.0 Å². The number of hydrogen-bond acceptors (Lipinski definition) is 7. The molecular weight excluding hydrogens is 288 g/mol. The maximum absolute atomic E-state index is 11.6. The molecule has 2 rings (SSSR count). The van der Waals surface area contributed by atoms with E-state index in [1.807, 2.05) is 0 Å². The minimum atomic E-state index is -0.937. The van der Waals surface area contributed by atoms with E-state index in [-0.39, 0.29) is 19.0 Å². The molecule has 22 heavy (non-hydrogen) atoms. The number of esters is 1. The standard InChI is InChI=1S/C13H16N6O3/c1-3-22-13(21)12(20)15-7-9-8(6-11(14)18-17-9)10-4-5-16-19(10)2/h4-6H,3,7H2,1-2H3,(H2,14,18)(H,15,20). The van der Waals surface area contributed by atoms with Crippen LogP contribution in [0.4, 0.5) is 5.82 Å². The average Bonchev–Trinajstić information content (AvgIpc) is 2.91. The van der Waals surface area contributed by atoms with Crippen LogP contribution >= 0.6 is 0 Å². The van der Waals surface area contributed by atoms with E-state index >= 15 is 0 Å². The minimum absolute atomic E-state index is 0.0193. The Labute approximate surface area is 126 Å². The van der Waals surface area contributed by atoms with Crippen LogP contribution in [-0.4, -0.2) is 38.5 Å². The number of amides is 1. The van der Waals surface area contributed by atoms with Gasteiger partial charge >= 0.3 is 11.9 Å². The molecule has 0 unspecified atom stereocenters. The number of aryl methyl sites for hydroxylation is 1. The first kappa shape index (κ1) is 15.4. The van der Waals surface area contributed by atoms with Crippen LogP contribution in [0.2, 0.25) is 0 Å². The Balaban J connectivity index is 2.20. The van der Waals surface area contributed by atoms with Gasteiger partial charge in [0.2, 0.25) is 0 Å². The Morgan fingerprint density at radius 3 is 2.82 bits per heavy atom. The monoisotopic (exact) mass is 304 g/mol. The van der Waals surface area contributed by atoms with Gasteiger partial charge in [0.05, 0.1) is 24.5 Å². The summed E-state index contributed by atoms with van der Waals surface area (Å²) < 4.78 is 6.26. The van der Waals surface area contributed by atoms with Gasteiger partial charge in [-0.3, -0.25) is 9.48 Å². The molecule has 0 aliphatic heterocycles. The van der Waals surface area contributed by atoms with Gasteiger partial charge in [-0.2, -0.15) is 10.2 Å². The van der Waals surface area contributed by atoms with Gasteiger partial charge in [-0.25, -0.2) is 4.79 Å². The zero-order valence-electron chi connectivity index (χ0n) is 12.2. The lowest BCUT2D eigenvalue weighted by Gasteiger charge is -2.10. The molecule has 2 aromatic heterocycles. The van der Waals surface area contributed by atoms with Crippen molar-refractivity contribution < 1.29 is 14.3 Å². The third-order valence-corrected chi connectivity index (χ3v) is 2.86. The molecule has 9 nitrogen and oxygen atoms in total. The lowest BCUT2D eigenvalue weighted by molar-refractivity contribution is -0.154. The van der Waals surface area contributed by atoms with E-state index in [4.69, 9.17) is 5.73 Å². The Morgan fingerprint density at radius 2 is 2.18 bits per heavy atom. The zero-order chi connectivity index (χ0) is 16.1. The highest BCUT2D eigenvalue weighted by atomic mass is 16.5. The van der Waals surface area contributed by atoms with E-state index in [2.05, 4.69) is 25.3 Å². The molecule has 0 aromatic carbocycles. The highest BCUT2D eigenvalue weighted by Gasteiger charge is 2.17. The van der Waals surface area contributed by atoms with Crippen molar-refractivity contribution in [1.82, 2.24) is 25.3 Å². The van der Waals surface area contributed by atoms with Gasteiger partial charge < -0.3 is 15.8 Å². The number of carbonyl (C=O) groups is 2. The molecule has 0 bridgehead atoms. The largest absolute Gasteiger partial charge is 0.459 e. The van der Waals surface area contributed by atoms with Crippen molar-refractivity contribution in [1.29, 1.82) is 0 Å². The summed E-state index contributed by atoms with van der Waals surface area (Å²) in [6.07, 6.45) is 1.63. The number of aromatic nitrogens is 4. The first-order valence-corrected chi connectivity index (χ1v) is 6.58. The number of carbonyl (C=O) groups excluding carboxylic acids is 2. The fourth-order valence-corrected chi connectivity index (χ4v) is 1.86. The third-order valence-electron chi connectivity index (χ3n) is 2.86. The lowest BCUT2D eigenvalue weighted by atomic mass is 10.1. The van der Waals surface area contributed by atoms with E-state index in [0.717, 1.165) is 5.69 Å². The second-order valence-electron chi connectivity index (χ2n) is 4.37. The minimum Gasteiger partial charge on any atom is -0.459 e. The number of nitrogens with two attached hydrogens (primary N) is 1. The molecule has 0 saturated carbocycles. The van der Waals surface area contributed by atoms with Gasteiger partial charge in [0.1, 0.15) is 5.82 Å². The number of nitrogens with one attached hydrogen (secondary N) is 1. The fourth-order valence-electron chi connectivity index (χ4n) is 1.86. The predicted octanol–water partition coefficient (Wildman–Crippen LogP) is -0.361. The van der Waals surface area contributed by atoms with Crippen LogP contribution < -0.4 is 11.1 Å². The maximum atomic E-state index is 11.6. The van der Waals surface area contributed by atoms with Gasteiger partial charge in [0.15, 0.2) is 0 Å². The van der Waals surface area contributed by atoms with E-state index in [9.17, 15) is 9.59 Å². The van der Waals surface area contributed by atoms with Crippen LogP contribution in [0.3, 0.4) is 0 Å². The van der Waals surface area contributed by atoms with Crippen molar-refractivity contribution in [2.75, 3.05) is 12.3 Å². The Hall–Kier alpha value is -2.97. The number of nitrogens with zero attached hydrogens (tertiary/aromatic N) is 4. The summed E-state index contributed by atoms with van der Waals surface area (Å²) in [4.78, 5) is 22.8. The summed E-state index contributed by atoms with van der Waals surface area (Å²) in [5.41, 5.74) is 7.57. The van der Waals surface area contributed by atoms with Gasteiger partial charge in [-0.15, -0.1) is 5.10 Å². The SMILES string of the molecule is CCOC(=O)C(=O)NCc1nnc(N)cc1-c1ccnn1C. The summed E-state index contributed by atoms with van der Waals surface area (Å²) in [6.45, 7) is 1.77. The second kappa shape index (κ2) is 6.66. The highest BCUT2D eigenvalue weighted by molar-refractivity contribution is 6.32. The molecule has 1 amide bonds. The van der Waals surface area contributed by atoms with Gasteiger partial charge in [0.25, 0.3) is 0 Å². The second-order valence-corrected chi connectivity index (χ2v) is 4.37. The van der Waals surface area contributed by atoms with Crippen molar-refractivity contribution >= 4 is 17.7 Å². The Kier molecular flexibility index (Phi) is 4.66. The van der Waals surface area contributed by atoms with Crippen LogP contribution in [0.5, 0.6) is 0 Å². The quantitative estimate of drug-likeness (QED) is 0.583. The molecular formula is C13H16N6O3. The topological polar surface area (TPSA) is 125 Å². The average molecular weight is 304 g/mol. The van der Waals surface area contributed by atoms with Gasteiger partial charge in [0, 0.05) is 18.8 Å². The normalized spacial score (nSPS) is 10.3. The summed E-state index contributed by atoms with van der Waals surface area (Å²) in [5, 5.41) is 14.3. The molecule has 0 atom stereocenters. The van der Waals surface area contributed by atoms with Gasteiger partial charge in [-0.05, 0) is 19.1 Å². The molecule has 0 saturated heterocycles. The number of ether oxygens (including phenoxy) is 1. The van der Waals surface area contributed by atoms with E-state index in [1.165, 1.54) is 0 Å². The molecule has 0 fully saturated rings. The number of rotatable bonds is 4. The summed E-state index contributed by atoms with van der Waals surface area (Å²) in [5.74, 6) is -1.53. The molecule has 2 heterocycles. The smallest absolute Gasteiger partial charge is 0.396 e. The van der Waals surface area contributed by atoms with Gasteiger partial charge in [-0.1, -0.05) is 0 Å². The fraction of sp³-hybridized carbons (Fsp3) is 0.308. The van der Waals surface area contributed by atoms with Crippen molar-refractivity contribution in [3.8, 4) is 11.3 Å². The molecule has 0 spiro atoms. The van der Waals surface area contributed by atoms with Crippen molar-refractivity contribution in [3.63, 3.8) is 0 Å². The van der Waals surface area contributed by atoms with Crippen LogP contribution in [0.1, 0.15) is 12.6 Å². The summed E-state index contributed by atoms with van der Waals surface area (Å²) in [7, 11) is 1.77. The van der Waals surface area contributed by atoms with Crippen LogP contribution in [-0.2, 0) is 27.9 Å². The highest BCUT2D eigenvalue weighted by Crippen LogP contribution is 2.22. The van der Waals surface area contributed by atoms with Crippen LogP contribution in [0.25, 0.3) is 11.3 Å². The number of nitrogen functional groups attached to an aromatic ring is 1. The molecule has 0 radical (unpaired) electrons. The first-order valence-electron chi connectivity index (χ1n) is 6.58. The van der Waals surface area contributed by atoms with Crippen LogP contribution in [0.15, 0.2) is 18.3 Å². The zero-order valence-corrected chi connectivity index (χ0v) is 12.2. The number of anilines is 1. The molecule has 2 aromatic rings. The predicted molar refractivity (Wildman–Crippen MR) is 77.1 cm³/mol. The Bertz CT molecular complexity index is 697. The molecule has 3 N–H and O–H groups in total. The molecule has 116 valence electrons. The first-order chi connectivity index (χ1) is 10.5. The van der Waals surface area contributed by atoms with Crippen molar-refractivity contribution in [2.45, 2.75) is 13.5 Å². The lowest BCUT2D eigenvalue weighted by Crippen LogP contribution is -2.32. The molecule has 0 aliphatic rings. The summed E-state index contributed by atoms with van der Waals surface area (Å²) >= 11 is 0. The Morgan fingerprint density at radius 1 is 1.41 bits per heavy atom. The van der Waals surface area contributed by atoms with Crippen molar-refractivity contribution in [2.24, 2.45) is 7.05 Å². The number of hydrogen-bond donors (Lipinski definition) is 2. The van der Waals surface area contributed by atoms with Crippen LogP contribution in [0, 0.1) is 0 Å². The van der Waals surface area contributed by atoms with E-state index in [1.54, 1.807) is 37.0 Å².